The van der Waals surface area contributed by atoms with E-state index in [2.05, 4.69) is 56.5 Å². The lowest BCUT2D eigenvalue weighted by Crippen LogP contribution is -2.28. The summed E-state index contributed by atoms with van der Waals surface area (Å²) < 4.78 is 30.5. The maximum absolute atomic E-state index is 14.6. The van der Waals surface area contributed by atoms with Gasteiger partial charge in [-0.2, -0.15) is 5.10 Å². The molecule has 0 spiro atoms. The second kappa shape index (κ2) is 9.82. The summed E-state index contributed by atoms with van der Waals surface area (Å²) >= 11 is 0. The third-order valence-electron chi connectivity index (χ3n) is 6.15. The van der Waals surface area contributed by atoms with Gasteiger partial charge in [-0.15, -0.1) is 0 Å². The lowest BCUT2D eigenvalue weighted by Gasteiger charge is -2.22. The van der Waals surface area contributed by atoms with Crippen molar-refractivity contribution >= 4 is 16.6 Å². The molecule has 0 bridgehead atoms. The molecule has 9 heteroatoms. The second-order valence-corrected chi connectivity index (χ2v) is 8.51. The highest BCUT2D eigenvalue weighted by Gasteiger charge is 2.18. The standard InChI is InChI=1S/C25H28FN5O3/c1-30-8-3-9-31(11-10-30)18-6-4-17(5-7-18)21-15-24(34-29-21)25-19-14-20(26)23(33-13-12-32-2)16-22(19)27-28-25/h4-7,14-16H,3,8-13H2,1-2H3,(H,27,28). The van der Waals surface area contributed by atoms with Gasteiger partial charge in [0.2, 0.25) is 0 Å². The van der Waals surface area contributed by atoms with Crippen molar-refractivity contribution in [3.05, 3.63) is 48.3 Å². The molecule has 2 aromatic heterocycles. The quantitative estimate of drug-likeness (QED) is 0.410. The van der Waals surface area contributed by atoms with Gasteiger partial charge in [0.15, 0.2) is 17.3 Å². The average Bonchev–Trinajstić information content (AvgIpc) is 3.43. The number of hydrogen-bond acceptors (Lipinski definition) is 7. The van der Waals surface area contributed by atoms with Gasteiger partial charge in [0.1, 0.15) is 18.0 Å². The Bertz CT molecular complexity index is 1250. The third-order valence-corrected chi connectivity index (χ3v) is 6.15. The van der Waals surface area contributed by atoms with E-state index in [0.29, 0.717) is 34.7 Å². The highest BCUT2D eigenvalue weighted by molar-refractivity contribution is 5.92. The highest BCUT2D eigenvalue weighted by Crippen LogP contribution is 2.33. The summed E-state index contributed by atoms with van der Waals surface area (Å²) in [6, 6.07) is 13.2. The zero-order valence-corrected chi connectivity index (χ0v) is 19.4. The van der Waals surface area contributed by atoms with Crippen molar-refractivity contribution in [2.45, 2.75) is 6.42 Å². The van der Waals surface area contributed by atoms with E-state index in [-0.39, 0.29) is 12.4 Å². The van der Waals surface area contributed by atoms with Crippen molar-refractivity contribution in [3.63, 3.8) is 0 Å². The Hall–Kier alpha value is -3.43. The minimum Gasteiger partial charge on any atom is -0.488 e. The number of fused-ring (bicyclic) bond motifs is 1. The molecule has 34 heavy (non-hydrogen) atoms. The van der Waals surface area contributed by atoms with Crippen molar-refractivity contribution in [3.8, 4) is 28.5 Å². The fourth-order valence-corrected chi connectivity index (χ4v) is 4.22. The van der Waals surface area contributed by atoms with E-state index in [1.54, 1.807) is 13.2 Å². The molecular weight excluding hydrogens is 437 g/mol. The predicted octanol–water partition coefficient (Wildman–Crippen LogP) is 4.19. The molecule has 1 fully saturated rings. The van der Waals surface area contributed by atoms with Gasteiger partial charge in [0, 0.05) is 55.5 Å². The number of nitrogens with one attached hydrogen (secondary N) is 1. The molecule has 4 aromatic rings. The zero-order chi connectivity index (χ0) is 23.5. The van der Waals surface area contributed by atoms with Crippen LogP contribution in [0, 0.1) is 5.82 Å². The summed E-state index contributed by atoms with van der Waals surface area (Å²) in [6.07, 6.45) is 1.16. The summed E-state index contributed by atoms with van der Waals surface area (Å²) in [7, 11) is 3.74. The Morgan fingerprint density at radius 2 is 1.91 bits per heavy atom. The molecule has 1 N–H and O–H groups in total. The number of nitrogens with zero attached hydrogens (tertiary/aromatic N) is 4. The molecular formula is C25H28FN5O3. The number of H-pyrrole nitrogens is 1. The average molecular weight is 466 g/mol. The summed E-state index contributed by atoms with van der Waals surface area (Å²) in [4.78, 5) is 4.78. The van der Waals surface area contributed by atoms with E-state index in [9.17, 15) is 4.39 Å². The largest absolute Gasteiger partial charge is 0.488 e. The first-order valence-corrected chi connectivity index (χ1v) is 11.4. The minimum atomic E-state index is -0.471. The topological polar surface area (TPSA) is 79.7 Å². The number of anilines is 1. The van der Waals surface area contributed by atoms with Gasteiger partial charge >= 0.3 is 0 Å². The van der Waals surface area contributed by atoms with Crippen molar-refractivity contribution < 1.29 is 18.4 Å². The number of likely N-dealkylation sites (N-methyl/N-ethyl adjacent to an activating group) is 1. The van der Waals surface area contributed by atoms with E-state index in [1.807, 2.05) is 6.07 Å². The van der Waals surface area contributed by atoms with Crippen molar-refractivity contribution in [1.82, 2.24) is 20.3 Å². The van der Waals surface area contributed by atoms with Crippen LogP contribution in [0.1, 0.15) is 6.42 Å². The van der Waals surface area contributed by atoms with Crippen LogP contribution in [0.4, 0.5) is 10.1 Å². The van der Waals surface area contributed by atoms with Crippen LogP contribution in [-0.2, 0) is 4.74 Å². The molecule has 0 saturated carbocycles. The predicted molar refractivity (Wildman–Crippen MR) is 129 cm³/mol. The molecule has 0 amide bonds. The Morgan fingerprint density at radius 3 is 2.74 bits per heavy atom. The van der Waals surface area contributed by atoms with Crippen molar-refractivity contribution in [1.29, 1.82) is 0 Å². The highest BCUT2D eigenvalue weighted by atomic mass is 19.1. The molecule has 8 nitrogen and oxygen atoms in total. The van der Waals surface area contributed by atoms with E-state index >= 15 is 0 Å². The summed E-state index contributed by atoms with van der Waals surface area (Å²) in [5, 5.41) is 12.1. The van der Waals surface area contributed by atoms with Gasteiger partial charge in [-0.25, -0.2) is 4.39 Å². The van der Waals surface area contributed by atoms with Crippen LogP contribution in [0.2, 0.25) is 0 Å². The number of halogens is 1. The van der Waals surface area contributed by atoms with Crippen LogP contribution in [-0.4, -0.2) is 73.8 Å². The number of aromatic amines is 1. The van der Waals surface area contributed by atoms with Gasteiger partial charge in [-0.05, 0) is 38.2 Å². The zero-order valence-electron chi connectivity index (χ0n) is 19.4. The Labute approximate surface area is 197 Å². The maximum atomic E-state index is 14.6. The first-order valence-electron chi connectivity index (χ1n) is 11.4. The van der Waals surface area contributed by atoms with E-state index in [0.717, 1.165) is 38.2 Å². The maximum Gasteiger partial charge on any atom is 0.188 e. The van der Waals surface area contributed by atoms with Gasteiger partial charge in [0.05, 0.1) is 12.1 Å². The number of aromatic nitrogens is 3. The van der Waals surface area contributed by atoms with Gasteiger partial charge in [-0.3, -0.25) is 5.10 Å². The molecule has 1 saturated heterocycles. The van der Waals surface area contributed by atoms with Crippen LogP contribution in [0.5, 0.6) is 5.75 Å². The molecule has 3 heterocycles. The summed E-state index contributed by atoms with van der Waals surface area (Å²) in [6.45, 7) is 4.91. The van der Waals surface area contributed by atoms with Crippen LogP contribution in [0.15, 0.2) is 47.0 Å². The molecule has 0 unspecified atom stereocenters. The molecule has 0 atom stereocenters. The van der Waals surface area contributed by atoms with Gasteiger partial charge in [-0.1, -0.05) is 17.3 Å². The Kier molecular flexibility index (Phi) is 6.46. The Morgan fingerprint density at radius 1 is 1.06 bits per heavy atom. The molecule has 5 rings (SSSR count). The third kappa shape index (κ3) is 4.62. The molecule has 2 aromatic carbocycles. The number of benzene rings is 2. The smallest absolute Gasteiger partial charge is 0.188 e. The summed E-state index contributed by atoms with van der Waals surface area (Å²) in [5.41, 5.74) is 4.01. The van der Waals surface area contributed by atoms with Crippen LogP contribution < -0.4 is 9.64 Å². The van der Waals surface area contributed by atoms with Crippen LogP contribution in [0.25, 0.3) is 33.6 Å². The second-order valence-electron chi connectivity index (χ2n) is 8.51. The lowest BCUT2D eigenvalue weighted by atomic mass is 10.1. The molecule has 1 aliphatic heterocycles. The molecule has 178 valence electrons. The van der Waals surface area contributed by atoms with E-state index < -0.39 is 5.82 Å². The normalized spacial score (nSPS) is 15.1. The van der Waals surface area contributed by atoms with Crippen LogP contribution in [0.3, 0.4) is 0 Å². The first-order chi connectivity index (χ1) is 16.6. The first kappa shape index (κ1) is 22.4. The fourth-order valence-electron chi connectivity index (χ4n) is 4.22. The van der Waals surface area contributed by atoms with E-state index in [4.69, 9.17) is 14.0 Å². The summed E-state index contributed by atoms with van der Waals surface area (Å²) in [5.74, 6) is 0.142. The monoisotopic (exact) mass is 465 g/mol. The van der Waals surface area contributed by atoms with Gasteiger partial charge < -0.3 is 23.8 Å². The lowest BCUT2D eigenvalue weighted by molar-refractivity contribution is 0.144. The van der Waals surface area contributed by atoms with Crippen molar-refractivity contribution in [2.75, 3.05) is 58.5 Å². The Balaban J connectivity index is 1.35. The number of methoxy groups -OCH3 is 1. The van der Waals surface area contributed by atoms with Crippen molar-refractivity contribution in [2.24, 2.45) is 0 Å². The minimum absolute atomic E-state index is 0.147. The number of rotatable bonds is 7. The van der Waals surface area contributed by atoms with Gasteiger partial charge in [0.25, 0.3) is 0 Å². The SMILES string of the molecule is COCCOc1cc2[nH]nc(-c3cc(-c4ccc(N5CCCN(C)CC5)cc4)no3)c2cc1F. The molecule has 1 aliphatic rings. The fraction of sp³-hybridized carbons (Fsp3) is 0.360. The molecule has 0 aliphatic carbocycles. The molecule has 0 radical (unpaired) electrons. The number of ether oxygens (including phenoxy) is 2. The number of hydrogen-bond donors (Lipinski definition) is 1. The van der Waals surface area contributed by atoms with E-state index in [1.165, 1.54) is 11.8 Å². The van der Waals surface area contributed by atoms with Crippen LogP contribution >= 0.6 is 0 Å².